The monoisotopic (exact) mass is 292 g/mol. The zero-order chi connectivity index (χ0) is 15.3. The van der Waals surface area contributed by atoms with E-state index in [1.807, 2.05) is 28.2 Å². The van der Waals surface area contributed by atoms with Crippen molar-refractivity contribution in [1.82, 2.24) is 21.3 Å². The summed E-state index contributed by atoms with van der Waals surface area (Å²) in [6.07, 6.45) is 2.21. The number of likely N-dealkylation sites (N-methyl/N-ethyl adjacent to an activating group) is 2. The Morgan fingerprint density at radius 3 is 1.20 bits per heavy atom. The van der Waals surface area contributed by atoms with Gasteiger partial charge in [-0.25, -0.2) is 0 Å². The van der Waals surface area contributed by atoms with Gasteiger partial charge in [0, 0.05) is 26.3 Å². The lowest BCUT2D eigenvalue weighted by Gasteiger charge is -2.02. The van der Waals surface area contributed by atoms with Crippen LogP contribution in [0.5, 0.6) is 0 Å². The van der Waals surface area contributed by atoms with Crippen LogP contribution in [0.3, 0.4) is 0 Å². The van der Waals surface area contributed by atoms with Gasteiger partial charge in [-0.3, -0.25) is 0 Å². The minimum atomic E-state index is 0.804. The van der Waals surface area contributed by atoms with Crippen LogP contribution in [0.1, 0.15) is 12.8 Å². The van der Waals surface area contributed by atoms with Crippen molar-refractivity contribution in [3.8, 4) is 0 Å². The van der Waals surface area contributed by atoms with E-state index in [0.29, 0.717) is 0 Å². The first-order valence-corrected chi connectivity index (χ1v) is 7.57. The molecule has 0 amide bonds. The van der Waals surface area contributed by atoms with Crippen molar-refractivity contribution in [1.29, 1.82) is 0 Å². The average Bonchev–Trinajstić information content (AvgIpc) is 2.47. The fourth-order valence-electron chi connectivity index (χ4n) is 1.25. The van der Waals surface area contributed by atoms with E-state index in [4.69, 9.17) is 9.47 Å². The van der Waals surface area contributed by atoms with Crippen molar-refractivity contribution in [2.45, 2.75) is 12.8 Å². The molecule has 0 aromatic rings. The van der Waals surface area contributed by atoms with Gasteiger partial charge in [-0.1, -0.05) is 0 Å². The average molecular weight is 292 g/mol. The van der Waals surface area contributed by atoms with Crippen LogP contribution in [-0.4, -0.2) is 80.8 Å². The fraction of sp³-hybridized carbons (Fsp3) is 1.00. The molecule has 0 saturated carbocycles. The molecule has 0 saturated heterocycles. The Morgan fingerprint density at radius 2 is 0.850 bits per heavy atom. The summed E-state index contributed by atoms with van der Waals surface area (Å²) in [7, 11) is 7.75. The summed E-state index contributed by atoms with van der Waals surface area (Å²) in [5.74, 6) is 0. The molecular formula is C14H36N4O2. The third-order valence-corrected chi connectivity index (χ3v) is 2.42. The van der Waals surface area contributed by atoms with Gasteiger partial charge in [-0.15, -0.1) is 0 Å². The third-order valence-electron chi connectivity index (χ3n) is 2.42. The topological polar surface area (TPSA) is 66.6 Å². The molecule has 0 rings (SSSR count). The molecule has 0 aliphatic rings. The van der Waals surface area contributed by atoms with E-state index < -0.39 is 0 Å². The molecular weight excluding hydrogens is 256 g/mol. The Hall–Kier alpha value is -0.240. The van der Waals surface area contributed by atoms with Gasteiger partial charge in [-0.05, 0) is 54.1 Å². The first kappa shape index (κ1) is 22.0. The number of hydrogen-bond donors (Lipinski definition) is 4. The molecule has 6 nitrogen and oxygen atoms in total. The molecule has 0 aromatic heterocycles. The summed E-state index contributed by atoms with van der Waals surface area (Å²) < 4.78 is 10.5. The largest absolute Gasteiger partial charge is 0.381 e. The van der Waals surface area contributed by atoms with Crippen LogP contribution in [0.4, 0.5) is 0 Å². The SMILES string of the molecule is CNCCCOCCCNC.CNCCOCCNC. The molecule has 0 heterocycles. The lowest BCUT2D eigenvalue weighted by atomic mass is 10.4. The lowest BCUT2D eigenvalue weighted by molar-refractivity contribution is 0.130. The zero-order valence-corrected chi connectivity index (χ0v) is 13.9. The van der Waals surface area contributed by atoms with Gasteiger partial charge >= 0.3 is 0 Å². The van der Waals surface area contributed by atoms with E-state index in [9.17, 15) is 0 Å². The predicted octanol–water partition coefficient (Wildman–Crippen LogP) is -0.336. The molecule has 124 valence electrons. The molecule has 0 fully saturated rings. The first-order valence-electron chi connectivity index (χ1n) is 7.57. The maximum absolute atomic E-state index is 5.36. The molecule has 4 N–H and O–H groups in total. The highest BCUT2D eigenvalue weighted by Gasteiger charge is 1.87. The van der Waals surface area contributed by atoms with E-state index >= 15 is 0 Å². The maximum atomic E-state index is 5.36. The molecule has 0 bridgehead atoms. The van der Waals surface area contributed by atoms with Crippen molar-refractivity contribution >= 4 is 0 Å². The quantitative estimate of drug-likeness (QED) is 0.329. The molecule has 6 heteroatoms. The normalized spacial score (nSPS) is 10.2. The molecule has 0 atom stereocenters. The minimum absolute atomic E-state index is 0.804. The van der Waals surface area contributed by atoms with Gasteiger partial charge in [0.15, 0.2) is 0 Å². The molecule has 0 radical (unpaired) electrons. The van der Waals surface area contributed by atoms with Gasteiger partial charge in [0.25, 0.3) is 0 Å². The van der Waals surface area contributed by atoms with Crippen LogP contribution >= 0.6 is 0 Å². The van der Waals surface area contributed by atoms with E-state index in [0.717, 1.165) is 65.4 Å². The van der Waals surface area contributed by atoms with Gasteiger partial charge in [0.1, 0.15) is 0 Å². The van der Waals surface area contributed by atoms with Crippen molar-refractivity contribution in [2.24, 2.45) is 0 Å². The van der Waals surface area contributed by atoms with Crippen LogP contribution in [0.2, 0.25) is 0 Å². The number of rotatable bonds is 14. The summed E-state index contributed by atoms with van der Waals surface area (Å²) >= 11 is 0. The lowest BCUT2D eigenvalue weighted by Crippen LogP contribution is -2.19. The summed E-state index contributed by atoms with van der Waals surface area (Å²) in [5, 5.41) is 12.2. The van der Waals surface area contributed by atoms with Gasteiger partial charge < -0.3 is 30.7 Å². The van der Waals surface area contributed by atoms with Gasteiger partial charge in [0.2, 0.25) is 0 Å². The van der Waals surface area contributed by atoms with Crippen LogP contribution in [0, 0.1) is 0 Å². The Balaban J connectivity index is 0. The Morgan fingerprint density at radius 1 is 0.500 bits per heavy atom. The van der Waals surface area contributed by atoms with Crippen LogP contribution in [-0.2, 0) is 9.47 Å². The van der Waals surface area contributed by atoms with E-state index in [1.54, 1.807) is 0 Å². The Kier molecular flexibility index (Phi) is 26.3. The smallest absolute Gasteiger partial charge is 0.0591 e. The minimum Gasteiger partial charge on any atom is -0.381 e. The standard InChI is InChI=1S/C8H20N2O.C6H16N2O/c1-9-5-3-7-11-8-4-6-10-2;1-7-3-5-9-6-4-8-2/h9-10H,3-8H2,1-2H3;7-8H,3-6H2,1-2H3. The summed E-state index contributed by atoms with van der Waals surface area (Å²) in [5.41, 5.74) is 0. The molecule has 20 heavy (non-hydrogen) atoms. The molecule has 0 aromatic carbocycles. The fourth-order valence-corrected chi connectivity index (χ4v) is 1.25. The number of nitrogens with one attached hydrogen (secondary N) is 4. The molecule has 0 aliphatic heterocycles. The summed E-state index contributed by atoms with van der Waals surface area (Å²) in [6.45, 7) is 7.33. The highest BCUT2D eigenvalue weighted by molar-refractivity contribution is 4.42. The van der Waals surface area contributed by atoms with Gasteiger partial charge in [-0.2, -0.15) is 0 Å². The zero-order valence-electron chi connectivity index (χ0n) is 13.9. The van der Waals surface area contributed by atoms with Crippen molar-refractivity contribution in [3.05, 3.63) is 0 Å². The van der Waals surface area contributed by atoms with Crippen LogP contribution < -0.4 is 21.3 Å². The predicted molar refractivity (Wildman–Crippen MR) is 86.6 cm³/mol. The van der Waals surface area contributed by atoms with Crippen LogP contribution in [0.15, 0.2) is 0 Å². The van der Waals surface area contributed by atoms with E-state index in [-0.39, 0.29) is 0 Å². The first-order chi connectivity index (χ1) is 9.83. The second kappa shape index (κ2) is 23.8. The highest BCUT2D eigenvalue weighted by Crippen LogP contribution is 1.83. The van der Waals surface area contributed by atoms with Crippen molar-refractivity contribution in [3.63, 3.8) is 0 Å². The van der Waals surface area contributed by atoms with Gasteiger partial charge in [0.05, 0.1) is 13.2 Å². The number of ether oxygens (including phenoxy) is 2. The number of hydrogen-bond acceptors (Lipinski definition) is 6. The molecule has 0 unspecified atom stereocenters. The Bertz CT molecular complexity index is 137. The van der Waals surface area contributed by atoms with Crippen molar-refractivity contribution in [2.75, 3.05) is 80.8 Å². The second-order valence-electron chi connectivity index (χ2n) is 4.35. The molecule has 0 spiro atoms. The van der Waals surface area contributed by atoms with E-state index in [2.05, 4.69) is 21.3 Å². The molecule has 0 aliphatic carbocycles. The third kappa shape index (κ3) is 26.3. The van der Waals surface area contributed by atoms with Crippen molar-refractivity contribution < 1.29 is 9.47 Å². The second-order valence-corrected chi connectivity index (χ2v) is 4.35. The van der Waals surface area contributed by atoms with E-state index in [1.165, 1.54) is 0 Å². The highest BCUT2D eigenvalue weighted by atomic mass is 16.5. The summed E-state index contributed by atoms with van der Waals surface area (Å²) in [4.78, 5) is 0. The maximum Gasteiger partial charge on any atom is 0.0591 e. The Labute approximate surface area is 125 Å². The van der Waals surface area contributed by atoms with Crippen LogP contribution in [0.25, 0.3) is 0 Å². The summed E-state index contributed by atoms with van der Waals surface area (Å²) in [6, 6.07) is 0.